The second-order valence-corrected chi connectivity index (χ2v) is 5.79. The van der Waals surface area contributed by atoms with Gasteiger partial charge in [-0.25, -0.2) is 4.39 Å². The Morgan fingerprint density at radius 1 is 1.50 bits per heavy atom. The van der Waals surface area contributed by atoms with Gasteiger partial charge in [-0.1, -0.05) is 17.7 Å². The summed E-state index contributed by atoms with van der Waals surface area (Å²) in [5.41, 5.74) is 2.02. The second kappa shape index (κ2) is 6.24. The van der Waals surface area contributed by atoms with E-state index < -0.39 is 11.9 Å². The molecule has 0 bridgehead atoms. The van der Waals surface area contributed by atoms with Crippen LogP contribution in [0.2, 0.25) is 5.02 Å². The van der Waals surface area contributed by atoms with Crippen LogP contribution in [0.1, 0.15) is 30.0 Å². The summed E-state index contributed by atoms with van der Waals surface area (Å²) in [5, 5.41) is 15.1. The molecule has 1 atom stereocenters. The van der Waals surface area contributed by atoms with E-state index in [0.29, 0.717) is 28.0 Å². The Morgan fingerprint density at radius 2 is 2.20 bits per heavy atom. The van der Waals surface area contributed by atoms with Crippen molar-refractivity contribution < 1.29 is 9.50 Å². The molecule has 0 saturated heterocycles. The zero-order valence-corrected chi connectivity index (χ0v) is 13.5. The topological polar surface area (TPSA) is 38.0 Å². The molecular weight excluding hydrogens is 347 g/mol. The van der Waals surface area contributed by atoms with E-state index in [9.17, 15) is 9.50 Å². The molecular formula is C14H15BrClFN2O. The zero-order chi connectivity index (χ0) is 14.9. The number of aliphatic hydroxyl groups is 1. The van der Waals surface area contributed by atoms with E-state index in [1.165, 1.54) is 6.07 Å². The first-order valence-electron chi connectivity index (χ1n) is 6.28. The summed E-state index contributed by atoms with van der Waals surface area (Å²) >= 11 is 9.30. The highest BCUT2D eigenvalue weighted by molar-refractivity contribution is 9.10. The Bertz CT molecular complexity index is 630. The minimum Gasteiger partial charge on any atom is -0.388 e. The van der Waals surface area contributed by atoms with Crippen LogP contribution in [0, 0.1) is 12.7 Å². The number of nitrogens with zero attached hydrogens (tertiary/aromatic N) is 2. The molecule has 108 valence electrons. The molecule has 2 rings (SSSR count). The first-order chi connectivity index (χ1) is 9.43. The third-order valence-corrected chi connectivity index (χ3v) is 4.30. The molecule has 0 radical (unpaired) electrons. The molecule has 1 unspecified atom stereocenters. The molecule has 1 N–H and O–H groups in total. The van der Waals surface area contributed by atoms with Gasteiger partial charge < -0.3 is 5.11 Å². The summed E-state index contributed by atoms with van der Waals surface area (Å²) in [6.07, 6.45) is -0.523. The maximum atomic E-state index is 13.5. The lowest BCUT2D eigenvalue weighted by molar-refractivity contribution is 0.175. The predicted octanol–water partition coefficient (Wildman–Crippen LogP) is 4.04. The molecule has 2 aromatic rings. The number of benzene rings is 1. The Balaban J connectivity index is 2.27. The van der Waals surface area contributed by atoms with E-state index in [2.05, 4.69) is 21.0 Å². The van der Waals surface area contributed by atoms with E-state index in [1.54, 1.807) is 16.8 Å². The molecule has 20 heavy (non-hydrogen) atoms. The van der Waals surface area contributed by atoms with Crippen molar-refractivity contribution in [3.05, 3.63) is 50.5 Å². The third kappa shape index (κ3) is 3.05. The van der Waals surface area contributed by atoms with Crippen molar-refractivity contribution in [2.75, 3.05) is 0 Å². The van der Waals surface area contributed by atoms with E-state index in [0.717, 1.165) is 11.4 Å². The van der Waals surface area contributed by atoms with E-state index in [-0.39, 0.29) is 0 Å². The molecule has 0 saturated carbocycles. The number of hydrogen-bond acceptors (Lipinski definition) is 2. The van der Waals surface area contributed by atoms with Gasteiger partial charge in [0.25, 0.3) is 0 Å². The van der Waals surface area contributed by atoms with Crippen molar-refractivity contribution in [2.24, 2.45) is 0 Å². The van der Waals surface area contributed by atoms with Crippen LogP contribution < -0.4 is 0 Å². The SMILES string of the molecule is CCn1nc(C)c(Cl)c1CC(O)c1ccc(Br)c(F)c1. The van der Waals surface area contributed by atoms with Crippen LogP contribution in [0.3, 0.4) is 0 Å². The standard InChI is InChI=1S/C14H15BrClFN2O/c1-3-19-12(14(16)8(2)18-19)7-13(20)9-4-5-10(15)11(17)6-9/h4-6,13,20H,3,7H2,1-2H3. The fraction of sp³-hybridized carbons (Fsp3) is 0.357. The highest BCUT2D eigenvalue weighted by atomic mass is 79.9. The molecule has 0 aliphatic rings. The van der Waals surface area contributed by atoms with Gasteiger partial charge in [0.15, 0.2) is 0 Å². The van der Waals surface area contributed by atoms with Gasteiger partial charge >= 0.3 is 0 Å². The number of aliphatic hydroxyl groups excluding tert-OH is 1. The van der Waals surface area contributed by atoms with E-state index in [4.69, 9.17) is 11.6 Å². The minimum absolute atomic E-state index is 0.300. The molecule has 0 aliphatic carbocycles. The first kappa shape index (κ1) is 15.5. The minimum atomic E-state index is -0.823. The highest BCUT2D eigenvalue weighted by Crippen LogP contribution is 2.27. The van der Waals surface area contributed by atoms with Crippen molar-refractivity contribution in [1.82, 2.24) is 9.78 Å². The van der Waals surface area contributed by atoms with Gasteiger partial charge in [-0.05, 0) is 47.5 Å². The summed E-state index contributed by atoms with van der Waals surface area (Å²) in [4.78, 5) is 0. The van der Waals surface area contributed by atoms with Gasteiger partial charge in [0.2, 0.25) is 0 Å². The van der Waals surface area contributed by atoms with E-state index >= 15 is 0 Å². The maximum Gasteiger partial charge on any atom is 0.137 e. The van der Waals surface area contributed by atoms with Gasteiger partial charge in [-0.15, -0.1) is 0 Å². The first-order valence-corrected chi connectivity index (χ1v) is 7.46. The number of hydrogen-bond donors (Lipinski definition) is 1. The molecule has 0 spiro atoms. The number of rotatable bonds is 4. The Morgan fingerprint density at radius 3 is 2.80 bits per heavy atom. The Kier molecular flexibility index (Phi) is 4.83. The van der Waals surface area contributed by atoms with Crippen molar-refractivity contribution in [1.29, 1.82) is 0 Å². The smallest absolute Gasteiger partial charge is 0.137 e. The average molecular weight is 362 g/mol. The monoisotopic (exact) mass is 360 g/mol. The zero-order valence-electron chi connectivity index (χ0n) is 11.2. The van der Waals surface area contributed by atoms with Gasteiger partial charge in [0.05, 0.1) is 27.0 Å². The van der Waals surface area contributed by atoms with Crippen LogP contribution in [-0.4, -0.2) is 14.9 Å². The molecule has 1 aromatic heterocycles. The lowest BCUT2D eigenvalue weighted by atomic mass is 10.0. The largest absolute Gasteiger partial charge is 0.388 e. The summed E-state index contributed by atoms with van der Waals surface area (Å²) in [6.45, 7) is 4.45. The average Bonchev–Trinajstić information content (AvgIpc) is 2.69. The van der Waals surface area contributed by atoms with Crippen LogP contribution in [0.5, 0.6) is 0 Å². The molecule has 3 nitrogen and oxygen atoms in total. The molecule has 0 amide bonds. The normalized spacial score (nSPS) is 12.7. The summed E-state index contributed by atoms with van der Waals surface area (Å²) in [7, 11) is 0. The summed E-state index contributed by atoms with van der Waals surface area (Å²) < 4.78 is 15.6. The maximum absolute atomic E-state index is 13.5. The van der Waals surface area contributed by atoms with Crippen molar-refractivity contribution in [3.8, 4) is 0 Å². The molecule has 0 fully saturated rings. The Labute approximate surface area is 130 Å². The van der Waals surface area contributed by atoms with Crippen molar-refractivity contribution >= 4 is 27.5 Å². The molecule has 6 heteroatoms. The van der Waals surface area contributed by atoms with Crippen molar-refractivity contribution in [3.63, 3.8) is 0 Å². The number of halogens is 3. The predicted molar refractivity (Wildman–Crippen MR) is 80.4 cm³/mol. The van der Waals surface area contributed by atoms with Crippen LogP contribution in [0.15, 0.2) is 22.7 Å². The Hall–Kier alpha value is -0.910. The molecule has 1 heterocycles. The summed E-state index contributed by atoms with van der Waals surface area (Å²) in [6, 6.07) is 4.59. The van der Waals surface area contributed by atoms with Gasteiger partial charge in [-0.2, -0.15) is 5.10 Å². The van der Waals surface area contributed by atoms with Gasteiger partial charge in [-0.3, -0.25) is 4.68 Å². The fourth-order valence-corrected chi connectivity index (χ4v) is 2.54. The second-order valence-electron chi connectivity index (χ2n) is 4.56. The van der Waals surface area contributed by atoms with E-state index in [1.807, 2.05) is 13.8 Å². The highest BCUT2D eigenvalue weighted by Gasteiger charge is 2.18. The van der Waals surface area contributed by atoms with Gasteiger partial charge in [0.1, 0.15) is 5.82 Å². The van der Waals surface area contributed by atoms with Crippen LogP contribution in [-0.2, 0) is 13.0 Å². The fourth-order valence-electron chi connectivity index (χ4n) is 2.08. The van der Waals surface area contributed by atoms with Crippen LogP contribution >= 0.6 is 27.5 Å². The lowest BCUT2D eigenvalue weighted by Gasteiger charge is -2.13. The number of aryl methyl sites for hydroxylation is 2. The van der Waals surface area contributed by atoms with Crippen LogP contribution in [0.25, 0.3) is 0 Å². The molecule has 1 aromatic carbocycles. The van der Waals surface area contributed by atoms with Crippen molar-refractivity contribution in [2.45, 2.75) is 32.9 Å². The van der Waals surface area contributed by atoms with Crippen LogP contribution in [0.4, 0.5) is 4.39 Å². The quantitative estimate of drug-likeness (QED) is 0.892. The molecule has 0 aliphatic heterocycles. The third-order valence-electron chi connectivity index (χ3n) is 3.17. The number of aromatic nitrogens is 2. The summed E-state index contributed by atoms with van der Waals surface area (Å²) in [5.74, 6) is -0.396. The van der Waals surface area contributed by atoms with Gasteiger partial charge in [0, 0.05) is 13.0 Å². The lowest BCUT2D eigenvalue weighted by Crippen LogP contribution is -2.09.